The number of carboxylic acid groups (broad SMARTS) is 1. The van der Waals surface area contributed by atoms with E-state index in [1.165, 1.54) is 156 Å². The average molecular weight is 1280 g/mol. The van der Waals surface area contributed by atoms with Gasteiger partial charge in [0.25, 0.3) is 11.8 Å². The molecule has 4 aromatic heterocycles. The Hall–Kier alpha value is -11.1. The maximum Gasteiger partial charge on any atom is 0.335 e. The summed E-state index contributed by atoms with van der Waals surface area (Å²) in [6, 6.07) is 33.6. The number of furan rings is 2. The summed E-state index contributed by atoms with van der Waals surface area (Å²) in [4.78, 5) is 59.6. The van der Waals surface area contributed by atoms with Gasteiger partial charge >= 0.3 is 5.97 Å². The first kappa shape index (κ1) is 62.9. The number of para-hydroxylation sites is 2. The molecule has 3 amide bonds. The van der Waals surface area contributed by atoms with Gasteiger partial charge < -0.3 is 39.1 Å². The van der Waals surface area contributed by atoms with Crippen LogP contribution < -0.4 is 25.0 Å². The summed E-state index contributed by atoms with van der Waals surface area (Å²) in [7, 11) is -2.19. The number of hydrogen-bond donors (Lipinski definition) is 4. The molecule has 5 N–H and O–H groups in total. The smallest absolute Gasteiger partial charge is 0.335 e. The van der Waals surface area contributed by atoms with Crippen molar-refractivity contribution in [2.24, 2.45) is 5.73 Å². The van der Waals surface area contributed by atoms with Gasteiger partial charge in [0.2, 0.25) is 37.7 Å². The maximum atomic E-state index is 14.4. The van der Waals surface area contributed by atoms with Crippen LogP contribution in [0.25, 0.3) is 112 Å². The Balaban J connectivity index is 0.000000198. The number of sulfonamides is 2. The van der Waals surface area contributed by atoms with E-state index in [1.807, 2.05) is 0 Å². The molecule has 0 radical (unpaired) electrons. The highest BCUT2D eigenvalue weighted by molar-refractivity contribution is 7.92. The number of amides is 3. The fraction of sp³-hybridized carbons (Fsp3) is 0.108. The van der Waals surface area contributed by atoms with Gasteiger partial charge in [0.1, 0.15) is 45.4 Å². The van der Waals surface area contributed by atoms with Gasteiger partial charge in [-0.3, -0.25) is 23.0 Å². The lowest BCUT2D eigenvalue weighted by atomic mass is 9.95. The minimum Gasteiger partial charge on any atom is -0.478 e. The van der Waals surface area contributed by atoms with Crippen LogP contribution in [0.1, 0.15) is 48.9 Å². The lowest BCUT2D eigenvalue weighted by Gasteiger charge is -2.21. The number of nitrogens with one attached hydrogen (secondary N) is 2. The van der Waals surface area contributed by atoms with Crippen molar-refractivity contribution in [1.29, 1.82) is 0 Å². The third kappa shape index (κ3) is 12.0. The van der Waals surface area contributed by atoms with Crippen LogP contribution in [0.3, 0.4) is 0 Å². The third-order valence-electron chi connectivity index (χ3n) is 14.7. The Morgan fingerprint density at radius 2 is 0.868 bits per heavy atom. The number of carbonyl (C=O) groups excluding carboxylic acids is 3. The zero-order valence-corrected chi connectivity index (χ0v) is 49.5. The number of hydrogen-bond acceptors (Lipinski definition) is 14. The van der Waals surface area contributed by atoms with Gasteiger partial charge in [0.05, 0.1) is 40.6 Å². The van der Waals surface area contributed by atoms with Crippen LogP contribution in [0, 0.1) is 23.3 Å². The number of carboxylic acids is 1. The highest BCUT2D eigenvalue weighted by Gasteiger charge is 2.30. The zero-order valence-electron chi connectivity index (χ0n) is 47.9. The van der Waals surface area contributed by atoms with Crippen LogP contribution in [0.2, 0.25) is 0 Å². The summed E-state index contributed by atoms with van der Waals surface area (Å²) in [6.07, 6.45) is 2.01. The van der Waals surface area contributed by atoms with E-state index < -0.39 is 67.0 Å². The summed E-state index contributed by atoms with van der Waals surface area (Å²) in [5.74, 6) is -5.17. The lowest BCUT2D eigenvalue weighted by Crippen LogP contribution is -2.25. The minimum absolute atomic E-state index is 0. The van der Waals surface area contributed by atoms with E-state index in [0.717, 1.165) is 21.1 Å². The number of benzene rings is 8. The molecule has 8 aromatic carbocycles. The second-order valence-corrected chi connectivity index (χ2v) is 24.5. The summed E-state index contributed by atoms with van der Waals surface area (Å²) in [5, 5.41) is 15.7. The summed E-state index contributed by atoms with van der Waals surface area (Å²) >= 11 is 0. The standard InChI is InChI=1S/C32H24F2N4O6S.C32H23F2N3O7S.CH4/c1-36-31(40)27-22-14-21(24(38(2)45(3,41)42)15-26(22)43-29(27)16-7-9-20(33)10-8-16)17-11-18(30(35)39)13-19(12-17)32-37-28-23(34)5-4-6-25(28)44-32;1-35-30(38)27-22-14-21(24(37(2)45(3,41)42)15-26(22)43-29(27)16-7-9-20(33)10-8-16)17-11-18(13-19(12-17)32(39)40)31-36-28-23(34)5-4-6-25(28)44-31;/h4-15H,1-3H3,(H2,35,39)(H,36,40);4-15H,1-3H3,(H,35,38)(H,39,40);1H4. The molecule has 0 bridgehead atoms. The van der Waals surface area contributed by atoms with Crippen molar-refractivity contribution in [3.05, 3.63) is 191 Å². The number of halogens is 4. The normalized spacial score (nSPS) is 11.5. The van der Waals surface area contributed by atoms with Crippen LogP contribution in [0.4, 0.5) is 28.9 Å². The number of aromatic carboxylic acids is 1. The number of aromatic nitrogens is 2. The molecule has 26 heteroatoms. The largest absolute Gasteiger partial charge is 0.478 e. The first-order chi connectivity index (χ1) is 42.7. The van der Waals surface area contributed by atoms with Gasteiger partial charge in [-0.25, -0.2) is 49.2 Å². The number of oxazole rings is 2. The first-order valence-corrected chi connectivity index (χ1v) is 30.4. The summed E-state index contributed by atoms with van der Waals surface area (Å²) < 4.78 is 133. The Morgan fingerprint density at radius 1 is 0.495 bits per heavy atom. The number of fused-ring (bicyclic) bond motifs is 4. The first-order valence-electron chi connectivity index (χ1n) is 26.7. The molecule has 0 fully saturated rings. The van der Waals surface area contributed by atoms with Gasteiger partial charge in [0.15, 0.2) is 22.8 Å². The molecule has 464 valence electrons. The SMILES string of the molecule is C.CNC(=O)c1c(-c2ccc(F)cc2)oc2cc(N(C)S(C)(=O)=O)c(-c3cc(C(=O)O)cc(-c4nc5c(F)cccc5o4)c3)cc12.CNC(=O)c1c(-c2ccc(F)cc2)oc2cc(N(C)S(C)(=O)=O)c(-c3cc(C(N)=O)cc(-c4nc5c(F)cccc5o4)c3)cc12. The molecular formula is C65H51F4N7O13S2. The van der Waals surface area contributed by atoms with E-state index in [1.54, 1.807) is 18.2 Å². The van der Waals surface area contributed by atoms with E-state index >= 15 is 0 Å². The molecule has 12 rings (SSSR count). The van der Waals surface area contributed by atoms with E-state index in [-0.39, 0.29) is 131 Å². The molecule has 0 aliphatic carbocycles. The summed E-state index contributed by atoms with van der Waals surface area (Å²) in [6.45, 7) is 0. The van der Waals surface area contributed by atoms with Crippen LogP contribution in [-0.2, 0) is 20.0 Å². The molecule has 4 heterocycles. The van der Waals surface area contributed by atoms with E-state index in [2.05, 4.69) is 20.6 Å². The predicted octanol–water partition coefficient (Wildman–Crippen LogP) is 12.7. The molecule has 0 unspecified atom stereocenters. The molecule has 0 atom stereocenters. The number of nitrogens with zero attached hydrogens (tertiary/aromatic N) is 4. The predicted molar refractivity (Wildman–Crippen MR) is 335 cm³/mol. The van der Waals surface area contributed by atoms with E-state index in [4.69, 9.17) is 23.4 Å². The van der Waals surface area contributed by atoms with Crippen molar-refractivity contribution in [3.8, 4) is 67.8 Å². The zero-order chi connectivity index (χ0) is 64.4. The molecule has 0 saturated carbocycles. The van der Waals surface area contributed by atoms with Gasteiger partial charge in [-0.05, 0) is 132 Å². The maximum absolute atomic E-state index is 14.4. The highest BCUT2D eigenvalue weighted by atomic mass is 32.2. The molecule has 91 heavy (non-hydrogen) atoms. The van der Waals surface area contributed by atoms with Gasteiger partial charge in [0, 0.05) is 90.0 Å². The van der Waals surface area contributed by atoms with Crippen LogP contribution in [0.15, 0.2) is 163 Å². The number of carbonyl (C=O) groups is 4. The molecule has 0 saturated heterocycles. The summed E-state index contributed by atoms with van der Waals surface area (Å²) in [5.41, 5.74) is 8.83. The van der Waals surface area contributed by atoms with Gasteiger partial charge in [-0.15, -0.1) is 0 Å². The number of primary amides is 1. The molecule has 12 aromatic rings. The second-order valence-electron chi connectivity index (χ2n) is 20.5. The van der Waals surface area contributed by atoms with Crippen molar-refractivity contribution in [3.63, 3.8) is 0 Å². The number of nitrogens with two attached hydrogens (primary N) is 1. The van der Waals surface area contributed by atoms with Crippen molar-refractivity contribution >= 4 is 99.3 Å². The van der Waals surface area contributed by atoms with Crippen molar-refractivity contribution in [1.82, 2.24) is 20.6 Å². The topological polar surface area (TPSA) is 292 Å². The Morgan fingerprint density at radius 3 is 1.22 bits per heavy atom. The van der Waals surface area contributed by atoms with Gasteiger partial charge in [-0.1, -0.05) is 19.6 Å². The van der Waals surface area contributed by atoms with Crippen molar-refractivity contribution in [2.45, 2.75) is 7.43 Å². The molecule has 0 aliphatic rings. The fourth-order valence-corrected chi connectivity index (χ4v) is 11.1. The average Bonchev–Trinajstić information content (AvgIpc) is 1.68. The number of anilines is 2. The van der Waals surface area contributed by atoms with Crippen LogP contribution in [0.5, 0.6) is 0 Å². The van der Waals surface area contributed by atoms with E-state index in [0.29, 0.717) is 22.1 Å². The van der Waals surface area contributed by atoms with E-state index in [9.17, 15) is 58.7 Å². The van der Waals surface area contributed by atoms with Crippen LogP contribution in [-0.4, -0.2) is 96.3 Å². The second kappa shape index (κ2) is 24.1. The van der Waals surface area contributed by atoms with Crippen molar-refractivity contribution in [2.75, 3.05) is 49.3 Å². The van der Waals surface area contributed by atoms with Crippen molar-refractivity contribution < 1.29 is 76.4 Å². The minimum atomic E-state index is -3.87. The molecule has 0 aliphatic heterocycles. The van der Waals surface area contributed by atoms with Gasteiger partial charge in [-0.2, -0.15) is 0 Å². The monoisotopic (exact) mass is 1280 g/mol. The van der Waals surface area contributed by atoms with Crippen LogP contribution >= 0.6 is 0 Å². The lowest BCUT2D eigenvalue weighted by molar-refractivity contribution is 0.0696. The Kier molecular flexibility index (Phi) is 16.7. The Bertz CT molecular complexity index is 4880. The highest BCUT2D eigenvalue weighted by Crippen LogP contribution is 2.45. The number of rotatable bonds is 14. The molecular weight excluding hydrogens is 1230 g/mol. The molecule has 20 nitrogen and oxygen atoms in total. The fourth-order valence-electron chi connectivity index (χ4n) is 10.1. The molecule has 0 spiro atoms. The third-order valence-corrected chi connectivity index (χ3v) is 17.0. The quantitative estimate of drug-likeness (QED) is 0.0736. The Labute approximate surface area is 515 Å².